The molecule has 1 aromatic carbocycles. The molecule has 4 aliphatic rings. The zero-order valence-corrected chi connectivity index (χ0v) is 26.8. The smallest absolute Gasteiger partial charge is 0.410 e. The standard InChI is InChI=1S/C33H43FN4O8/c1-32(2,3)46-30(42)35-25-14-9-7-5-6-8-12-21-16-33(21,29(41)44-4)36-27(39)26-15-22(18-38(26)28(25)40)45-31(43)37-17-20-11-10-13-24(34)23(20)19-37/h8,10-13,21-22,25-26H,5-7,9,14-19H2,1-4H3,(H,35,42)(H,36,39)/t21-,22-,25-,26+,33?/m1/s1. The van der Waals surface area contributed by atoms with Gasteiger partial charge in [-0.1, -0.05) is 37.1 Å². The van der Waals surface area contributed by atoms with E-state index in [4.69, 9.17) is 14.2 Å². The molecule has 13 heteroatoms. The summed E-state index contributed by atoms with van der Waals surface area (Å²) < 4.78 is 30.6. The first kappa shape index (κ1) is 33.2. The largest absolute Gasteiger partial charge is 0.467 e. The van der Waals surface area contributed by atoms with Crippen molar-refractivity contribution in [1.82, 2.24) is 20.4 Å². The van der Waals surface area contributed by atoms with Crippen LogP contribution < -0.4 is 10.6 Å². The highest BCUT2D eigenvalue weighted by Crippen LogP contribution is 2.46. The number of amides is 4. The second-order valence-electron chi connectivity index (χ2n) is 13.5. The Labute approximate surface area is 268 Å². The van der Waals surface area contributed by atoms with Crippen molar-refractivity contribution in [2.24, 2.45) is 5.92 Å². The maximum absolute atomic E-state index is 14.3. The lowest BCUT2D eigenvalue weighted by Gasteiger charge is -2.30. The minimum Gasteiger partial charge on any atom is -0.467 e. The Morgan fingerprint density at radius 1 is 1.11 bits per heavy atom. The van der Waals surface area contributed by atoms with Gasteiger partial charge in [-0.15, -0.1) is 0 Å². The van der Waals surface area contributed by atoms with Crippen LogP contribution in [0.15, 0.2) is 30.4 Å². The third-order valence-corrected chi connectivity index (χ3v) is 8.93. The van der Waals surface area contributed by atoms with E-state index >= 15 is 0 Å². The van der Waals surface area contributed by atoms with Gasteiger partial charge in [-0.2, -0.15) is 0 Å². The fourth-order valence-electron chi connectivity index (χ4n) is 6.49. The van der Waals surface area contributed by atoms with Gasteiger partial charge < -0.3 is 29.7 Å². The van der Waals surface area contributed by atoms with Crippen molar-refractivity contribution in [1.29, 1.82) is 0 Å². The van der Waals surface area contributed by atoms with Crippen molar-refractivity contribution in [2.45, 2.75) is 108 Å². The van der Waals surface area contributed by atoms with Crippen LogP contribution >= 0.6 is 0 Å². The summed E-state index contributed by atoms with van der Waals surface area (Å²) in [6.07, 6.45) is 5.23. The molecule has 5 atom stereocenters. The lowest BCUT2D eigenvalue weighted by molar-refractivity contribution is -0.148. The second kappa shape index (κ2) is 13.3. The molecule has 250 valence electrons. The molecular formula is C33H43FN4O8. The van der Waals surface area contributed by atoms with Gasteiger partial charge in [0.15, 0.2) is 0 Å². The van der Waals surface area contributed by atoms with Gasteiger partial charge in [0.2, 0.25) is 11.8 Å². The first-order chi connectivity index (χ1) is 21.8. The average molecular weight is 643 g/mol. The second-order valence-corrected chi connectivity index (χ2v) is 13.5. The van der Waals surface area contributed by atoms with E-state index in [2.05, 4.69) is 10.6 Å². The van der Waals surface area contributed by atoms with Gasteiger partial charge in [-0.25, -0.2) is 18.8 Å². The Balaban J connectivity index is 1.38. The molecule has 2 fully saturated rings. The predicted molar refractivity (Wildman–Crippen MR) is 162 cm³/mol. The van der Waals surface area contributed by atoms with Gasteiger partial charge in [0.25, 0.3) is 0 Å². The number of allylic oxidation sites excluding steroid dienone is 1. The van der Waals surface area contributed by atoms with Crippen LogP contribution in [0.25, 0.3) is 0 Å². The Bertz CT molecular complexity index is 1410. The number of nitrogens with one attached hydrogen (secondary N) is 2. The molecule has 4 amide bonds. The normalized spacial score (nSPS) is 28.1. The highest BCUT2D eigenvalue weighted by Gasteiger charge is 2.62. The van der Waals surface area contributed by atoms with Crippen LogP contribution in [-0.4, -0.2) is 82.8 Å². The van der Waals surface area contributed by atoms with E-state index in [-0.39, 0.29) is 32.0 Å². The molecule has 0 aromatic heterocycles. The van der Waals surface area contributed by atoms with E-state index in [0.29, 0.717) is 30.4 Å². The third kappa shape index (κ3) is 7.28. The number of carbonyl (C=O) groups excluding carboxylic acids is 5. The Kier molecular flexibility index (Phi) is 9.59. The van der Waals surface area contributed by atoms with E-state index in [9.17, 15) is 28.4 Å². The number of fused-ring (bicyclic) bond motifs is 3. The van der Waals surface area contributed by atoms with Crippen LogP contribution in [0.3, 0.4) is 0 Å². The van der Waals surface area contributed by atoms with Crippen molar-refractivity contribution in [2.75, 3.05) is 13.7 Å². The molecule has 3 heterocycles. The van der Waals surface area contributed by atoms with E-state index < -0.39 is 65.1 Å². The van der Waals surface area contributed by atoms with Gasteiger partial charge in [-0.05, 0) is 58.1 Å². The number of carbonyl (C=O) groups is 5. The lowest BCUT2D eigenvalue weighted by Crippen LogP contribution is -2.56. The summed E-state index contributed by atoms with van der Waals surface area (Å²) >= 11 is 0. The van der Waals surface area contributed by atoms with Gasteiger partial charge in [0.1, 0.15) is 35.1 Å². The number of esters is 1. The maximum atomic E-state index is 14.3. The van der Waals surface area contributed by atoms with Crippen LogP contribution in [0.5, 0.6) is 0 Å². The van der Waals surface area contributed by atoms with Crippen molar-refractivity contribution < 1.29 is 42.6 Å². The quantitative estimate of drug-likeness (QED) is 0.289. The molecule has 3 aliphatic heterocycles. The van der Waals surface area contributed by atoms with Crippen molar-refractivity contribution in [3.63, 3.8) is 0 Å². The van der Waals surface area contributed by atoms with E-state index in [1.807, 2.05) is 12.2 Å². The van der Waals surface area contributed by atoms with Crippen molar-refractivity contribution in [3.8, 4) is 0 Å². The molecule has 1 saturated carbocycles. The molecule has 1 unspecified atom stereocenters. The van der Waals surface area contributed by atoms with E-state index in [1.165, 1.54) is 23.0 Å². The molecule has 12 nitrogen and oxygen atoms in total. The molecule has 0 spiro atoms. The molecular weight excluding hydrogens is 599 g/mol. The van der Waals surface area contributed by atoms with Gasteiger partial charge in [0, 0.05) is 24.4 Å². The zero-order valence-electron chi connectivity index (χ0n) is 26.8. The Hall–Kier alpha value is -4.16. The lowest BCUT2D eigenvalue weighted by atomic mass is 10.0. The molecule has 1 aromatic rings. The summed E-state index contributed by atoms with van der Waals surface area (Å²) in [5.41, 5.74) is -0.950. The van der Waals surface area contributed by atoms with Gasteiger partial charge >= 0.3 is 18.2 Å². The van der Waals surface area contributed by atoms with Gasteiger partial charge in [0.05, 0.1) is 20.2 Å². The molecule has 5 rings (SSSR count). The van der Waals surface area contributed by atoms with E-state index in [0.717, 1.165) is 19.3 Å². The number of halogens is 1. The molecule has 0 radical (unpaired) electrons. The Morgan fingerprint density at radius 3 is 2.61 bits per heavy atom. The minimum atomic E-state index is -1.26. The van der Waals surface area contributed by atoms with Crippen LogP contribution in [0.2, 0.25) is 0 Å². The molecule has 2 N–H and O–H groups in total. The number of hydrogen-bond donors (Lipinski definition) is 2. The van der Waals surface area contributed by atoms with Crippen LogP contribution in [-0.2, 0) is 41.7 Å². The fraction of sp³-hybridized carbons (Fsp3) is 0.606. The summed E-state index contributed by atoms with van der Waals surface area (Å²) in [5, 5.41) is 5.54. The minimum absolute atomic E-state index is 0.0324. The number of benzene rings is 1. The van der Waals surface area contributed by atoms with E-state index in [1.54, 1.807) is 32.9 Å². The summed E-state index contributed by atoms with van der Waals surface area (Å²) in [7, 11) is 1.26. The zero-order chi connectivity index (χ0) is 33.2. The summed E-state index contributed by atoms with van der Waals surface area (Å²) in [4.78, 5) is 69.6. The first-order valence-electron chi connectivity index (χ1n) is 15.9. The maximum Gasteiger partial charge on any atom is 0.410 e. The highest BCUT2D eigenvalue weighted by atomic mass is 19.1. The SMILES string of the molecule is COC(=O)C12C[C@H]1C=CCCCCC[C@@H](NC(=O)OC(C)(C)C)C(=O)N1C[C@H](OC(=O)N3Cc4cccc(F)c4C3)C[C@H]1C(=O)N2. The van der Waals surface area contributed by atoms with Crippen molar-refractivity contribution >= 4 is 30.0 Å². The summed E-state index contributed by atoms with van der Waals surface area (Å²) in [6.45, 7) is 5.25. The molecule has 1 aliphatic carbocycles. The van der Waals surface area contributed by atoms with Crippen LogP contribution in [0.4, 0.5) is 14.0 Å². The highest BCUT2D eigenvalue weighted by molar-refractivity contribution is 5.96. The Morgan fingerprint density at radius 2 is 1.89 bits per heavy atom. The van der Waals surface area contributed by atoms with Gasteiger partial charge in [-0.3, -0.25) is 14.5 Å². The number of rotatable bonds is 3. The monoisotopic (exact) mass is 642 g/mol. The number of nitrogens with zero attached hydrogens (tertiary/aromatic N) is 2. The molecule has 46 heavy (non-hydrogen) atoms. The molecule has 0 bridgehead atoms. The number of hydrogen-bond acceptors (Lipinski definition) is 8. The first-order valence-corrected chi connectivity index (χ1v) is 15.9. The predicted octanol–water partition coefficient (Wildman–Crippen LogP) is 3.71. The topological polar surface area (TPSA) is 144 Å². The summed E-state index contributed by atoms with van der Waals surface area (Å²) in [5.74, 6) is -2.35. The average Bonchev–Trinajstić information content (AvgIpc) is 3.29. The number of alkyl carbamates (subject to hydrolysis) is 1. The van der Waals surface area contributed by atoms with Crippen molar-refractivity contribution in [3.05, 3.63) is 47.3 Å². The molecule has 1 saturated heterocycles. The fourth-order valence-corrected chi connectivity index (χ4v) is 6.49. The number of ether oxygens (including phenoxy) is 3. The van der Waals surface area contributed by atoms with Crippen LogP contribution in [0.1, 0.15) is 76.8 Å². The third-order valence-electron chi connectivity index (χ3n) is 8.93. The number of methoxy groups -OCH3 is 1. The summed E-state index contributed by atoms with van der Waals surface area (Å²) in [6, 6.07) is 2.57. The van der Waals surface area contributed by atoms with Crippen LogP contribution in [0, 0.1) is 11.7 Å².